The van der Waals surface area contributed by atoms with Crippen molar-refractivity contribution >= 4 is 11.6 Å². The highest BCUT2D eigenvalue weighted by molar-refractivity contribution is 5.92. The molecule has 4 aliphatic carbocycles. The highest BCUT2D eigenvalue weighted by atomic mass is 16.6. The van der Waals surface area contributed by atoms with Crippen LogP contribution in [0.25, 0.3) is 0 Å². The molecule has 3 saturated carbocycles. The number of carbonyl (C=O) groups is 2. The molecular formula is C26H36O4. The summed E-state index contributed by atoms with van der Waals surface area (Å²) >= 11 is 0. The van der Waals surface area contributed by atoms with Crippen molar-refractivity contribution in [1.82, 2.24) is 0 Å². The third-order valence-corrected chi connectivity index (χ3v) is 10.5. The highest BCUT2D eigenvalue weighted by Gasteiger charge is 2.87. The van der Waals surface area contributed by atoms with Crippen molar-refractivity contribution < 1.29 is 19.4 Å². The number of carbonyl (C=O) groups excluding carboxylic acids is 2. The molecule has 4 fully saturated rings. The van der Waals surface area contributed by atoms with Gasteiger partial charge in [0.15, 0.2) is 5.78 Å². The molecule has 0 unspecified atom stereocenters. The van der Waals surface area contributed by atoms with E-state index in [0.717, 1.165) is 44.1 Å². The Morgan fingerprint density at radius 2 is 2.10 bits per heavy atom. The molecule has 5 rings (SSSR count). The summed E-state index contributed by atoms with van der Waals surface area (Å²) in [5, 5.41) is 11.8. The molecule has 0 amide bonds. The molecule has 0 aromatic heterocycles. The maximum atomic E-state index is 13.1. The summed E-state index contributed by atoms with van der Waals surface area (Å²) in [4.78, 5) is 25.4. The van der Waals surface area contributed by atoms with Crippen molar-refractivity contribution in [3.63, 3.8) is 0 Å². The van der Waals surface area contributed by atoms with Crippen LogP contribution in [0.5, 0.6) is 0 Å². The lowest BCUT2D eigenvalue weighted by Gasteiger charge is -2.64. The summed E-state index contributed by atoms with van der Waals surface area (Å²) in [6, 6.07) is 0. The standard InChI is InChI=1S/C26H36O4/c1-6-10-24(29)12-9-20-23(24,5)15-21-26(30-21)22(4)11-8-18(28)13-17(22)14-19(16(3)27)25(20,26)7-2/h7,13,19-21,29H,2,6,8-12,14-15H2,1,3-5H3/t19-,20+,21+,22-,23-,24-,25-,26-/m0/s1. The van der Waals surface area contributed by atoms with Gasteiger partial charge in [0.2, 0.25) is 0 Å². The van der Waals surface area contributed by atoms with Crippen LogP contribution < -0.4 is 0 Å². The summed E-state index contributed by atoms with van der Waals surface area (Å²) in [6.45, 7) is 12.7. The van der Waals surface area contributed by atoms with Gasteiger partial charge in [0.05, 0.1) is 11.7 Å². The Morgan fingerprint density at radius 1 is 1.37 bits per heavy atom. The summed E-state index contributed by atoms with van der Waals surface area (Å²) in [7, 11) is 0. The lowest BCUT2D eigenvalue weighted by molar-refractivity contribution is -0.164. The molecule has 0 radical (unpaired) electrons. The topological polar surface area (TPSA) is 66.9 Å². The van der Waals surface area contributed by atoms with Crippen LogP contribution in [0.3, 0.4) is 0 Å². The Balaban J connectivity index is 1.74. The van der Waals surface area contributed by atoms with Gasteiger partial charge >= 0.3 is 0 Å². The van der Waals surface area contributed by atoms with E-state index in [0.29, 0.717) is 12.8 Å². The number of epoxide rings is 1. The first kappa shape index (κ1) is 20.6. The van der Waals surface area contributed by atoms with E-state index in [4.69, 9.17) is 4.74 Å². The maximum Gasteiger partial charge on any atom is 0.155 e. The van der Waals surface area contributed by atoms with E-state index in [9.17, 15) is 14.7 Å². The van der Waals surface area contributed by atoms with E-state index in [1.807, 2.05) is 6.08 Å². The minimum atomic E-state index is -0.721. The van der Waals surface area contributed by atoms with Gasteiger partial charge in [0.1, 0.15) is 11.4 Å². The van der Waals surface area contributed by atoms with Crippen LogP contribution in [0.2, 0.25) is 0 Å². The van der Waals surface area contributed by atoms with Gasteiger partial charge in [0, 0.05) is 28.6 Å². The fourth-order valence-corrected chi connectivity index (χ4v) is 9.07. The van der Waals surface area contributed by atoms with Crippen molar-refractivity contribution in [3.05, 3.63) is 24.3 Å². The smallest absolute Gasteiger partial charge is 0.155 e. The van der Waals surface area contributed by atoms with Gasteiger partial charge in [-0.3, -0.25) is 9.59 Å². The second kappa shape index (κ2) is 5.95. The Bertz CT molecular complexity index is 874. The lowest BCUT2D eigenvalue weighted by Crippen LogP contribution is -2.69. The van der Waals surface area contributed by atoms with Crippen molar-refractivity contribution in [2.24, 2.45) is 28.1 Å². The summed E-state index contributed by atoms with van der Waals surface area (Å²) < 4.78 is 6.74. The molecule has 0 aromatic carbocycles. The van der Waals surface area contributed by atoms with Crippen LogP contribution in [0.4, 0.5) is 0 Å². The zero-order chi connectivity index (χ0) is 21.7. The molecular weight excluding hydrogens is 376 g/mol. The molecule has 0 aromatic rings. The number of Topliss-reactive ketones (excluding diaryl/α,β-unsaturated/α-hetero) is 1. The first-order chi connectivity index (χ1) is 14.1. The van der Waals surface area contributed by atoms with Crippen molar-refractivity contribution in [2.75, 3.05) is 0 Å². The molecule has 1 spiro atoms. The lowest BCUT2D eigenvalue weighted by atomic mass is 9.37. The number of hydrogen-bond donors (Lipinski definition) is 1. The monoisotopic (exact) mass is 412 g/mol. The van der Waals surface area contributed by atoms with Gasteiger partial charge in [-0.15, -0.1) is 6.58 Å². The van der Waals surface area contributed by atoms with Gasteiger partial charge in [-0.25, -0.2) is 0 Å². The number of fused-ring (bicyclic) bond motifs is 3. The third kappa shape index (κ3) is 1.97. The van der Waals surface area contributed by atoms with Crippen molar-refractivity contribution in [2.45, 2.75) is 96.4 Å². The average Bonchev–Trinajstić information content (AvgIpc) is 3.35. The highest BCUT2D eigenvalue weighted by Crippen LogP contribution is 2.82. The Kier molecular flexibility index (Phi) is 4.09. The van der Waals surface area contributed by atoms with Gasteiger partial charge < -0.3 is 9.84 Å². The van der Waals surface area contributed by atoms with E-state index in [2.05, 4.69) is 33.4 Å². The average molecular weight is 413 g/mol. The first-order valence-electron chi connectivity index (χ1n) is 11.8. The molecule has 8 atom stereocenters. The first-order valence-corrected chi connectivity index (χ1v) is 11.8. The number of hydrogen-bond acceptors (Lipinski definition) is 4. The minimum Gasteiger partial charge on any atom is -0.389 e. The van der Waals surface area contributed by atoms with E-state index < -0.39 is 16.6 Å². The van der Waals surface area contributed by atoms with E-state index in [1.54, 1.807) is 6.92 Å². The maximum absolute atomic E-state index is 13.1. The molecule has 1 N–H and O–H groups in total. The van der Waals surface area contributed by atoms with Gasteiger partial charge in [0.25, 0.3) is 0 Å². The van der Waals surface area contributed by atoms with E-state index >= 15 is 0 Å². The van der Waals surface area contributed by atoms with Gasteiger partial charge in [-0.2, -0.15) is 0 Å². The quantitative estimate of drug-likeness (QED) is 0.543. The number of ketones is 2. The van der Waals surface area contributed by atoms with Crippen LogP contribution in [-0.2, 0) is 14.3 Å². The fourth-order valence-electron chi connectivity index (χ4n) is 9.07. The Hall–Kier alpha value is -1.26. The normalized spacial score (nSPS) is 53.7. The van der Waals surface area contributed by atoms with E-state index in [1.165, 1.54) is 0 Å². The zero-order valence-electron chi connectivity index (χ0n) is 18.9. The van der Waals surface area contributed by atoms with Crippen LogP contribution in [-0.4, -0.2) is 34.0 Å². The predicted molar refractivity (Wildman–Crippen MR) is 115 cm³/mol. The van der Waals surface area contributed by atoms with Crippen LogP contribution in [0, 0.1) is 28.1 Å². The second-order valence-electron chi connectivity index (χ2n) is 11.3. The Labute approximate surface area is 180 Å². The fraction of sp³-hybridized carbons (Fsp3) is 0.769. The Morgan fingerprint density at radius 3 is 2.73 bits per heavy atom. The van der Waals surface area contributed by atoms with Gasteiger partial charge in [-0.1, -0.05) is 38.8 Å². The summed E-state index contributed by atoms with van der Waals surface area (Å²) in [6.07, 6.45) is 10.0. The van der Waals surface area contributed by atoms with Crippen LogP contribution in [0.15, 0.2) is 24.3 Å². The molecule has 1 saturated heterocycles. The van der Waals surface area contributed by atoms with Crippen molar-refractivity contribution in [1.29, 1.82) is 0 Å². The van der Waals surface area contributed by atoms with Gasteiger partial charge in [-0.05, 0) is 57.4 Å². The number of aliphatic hydroxyl groups is 1. The van der Waals surface area contributed by atoms with Crippen LogP contribution >= 0.6 is 0 Å². The van der Waals surface area contributed by atoms with E-state index in [-0.39, 0.29) is 40.3 Å². The zero-order valence-corrected chi connectivity index (χ0v) is 18.9. The molecule has 1 heterocycles. The predicted octanol–water partition coefficient (Wildman–Crippen LogP) is 4.55. The number of rotatable bonds is 4. The summed E-state index contributed by atoms with van der Waals surface area (Å²) in [5.74, 6) is 0.226. The third-order valence-electron chi connectivity index (χ3n) is 10.5. The molecule has 4 nitrogen and oxygen atoms in total. The second-order valence-corrected chi connectivity index (χ2v) is 11.3. The molecule has 4 heteroatoms. The molecule has 164 valence electrons. The largest absolute Gasteiger partial charge is 0.389 e. The minimum absolute atomic E-state index is 0.00184. The SMILES string of the molecule is C=C[C@@]12[C@H](C(C)=O)CC3=CC(=O)CC[C@]3(C)[C@]13O[C@@H]3C[C@@]1(C)[C@H]2CC[C@@]1(O)CCC. The molecule has 30 heavy (non-hydrogen) atoms. The van der Waals surface area contributed by atoms with Crippen LogP contribution in [0.1, 0.15) is 79.1 Å². The molecule has 1 aliphatic heterocycles. The molecule has 0 bridgehead atoms. The molecule has 5 aliphatic rings. The number of ether oxygens (including phenoxy) is 1. The summed E-state index contributed by atoms with van der Waals surface area (Å²) in [5.41, 5.74) is -1.15. The van der Waals surface area contributed by atoms with Crippen molar-refractivity contribution in [3.8, 4) is 0 Å².